The van der Waals surface area contributed by atoms with E-state index in [-0.39, 0.29) is 17.9 Å². The maximum Gasteiger partial charge on any atom is 0.326 e. The van der Waals surface area contributed by atoms with Crippen molar-refractivity contribution in [3.8, 4) is 0 Å². The van der Waals surface area contributed by atoms with Crippen LogP contribution in [-0.4, -0.2) is 44.6 Å². The van der Waals surface area contributed by atoms with Gasteiger partial charge in [0, 0.05) is 13.0 Å². The number of aliphatic carboxylic acids is 1. The topological polar surface area (TPSA) is 101 Å². The summed E-state index contributed by atoms with van der Waals surface area (Å²) in [5, 5.41) is 12.2. The van der Waals surface area contributed by atoms with Crippen LogP contribution in [0.5, 0.6) is 0 Å². The Hall–Kier alpha value is -2.35. The summed E-state index contributed by atoms with van der Waals surface area (Å²) in [6, 6.07) is 6.22. The van der Waals surface area contributed by atoms with Crippen molar-refractivity contribution < 1.29 is 14.7 Å². The number of thioether (sulfide) groups is 1. The van der Waals surface area contributed by atoms with Crippen LogP contribution < -0.4 is 10.9 Å². The van der Waals surface area contributed by atoms with E-state index in [1.807, 2.05) is 12.3 Å². The molecule has 8 heteroatoms. The molecule has 0 aliphatic rings. The van der Waals surface area contributed by atoms with Gasteiger partial charge in [-0.25, -0.2) is 9.78 Å². The van der Waals surface area contributed by atoms with Crippen molar-refractivity contribution in [2.24, 2.45) is 0 Å². The molecule has 0 saturated heterocycles. The molecule has 1 amide bonds. The zero-order valence-electron chi connectivity index (χ0n) is 14.0. The number of hydrogen-bond donors (Lipinski definition) is 2. The number of aryl methyl sites for hydroxylation is 1. The molecule has 1 aromatic heterocycles. The van der Waals surface area contributed by atoms with Gasteiger partial charge in [0.05, 0.1) is 17.2 Å². The number of carboxylic acid groups (broad SMARTS) is 1. The highest BCUT2D eigenvalue weighted by Gasteiger charge is 2.19. The molecule has 2 aromatic rings. The van der Waals surface area contributed by atoms with Crippen LogP contribution >= 0.6 is 11.8 Å². The summed E-state index contributed by atoms with van der Waals surface area (Å²) in [7, 11) is 0. The highest BCUT2D eigenvalue weighted by Crippen LogP contribution is 2.06. The number of rotatable bonds is 9. The number of para-hydroxylation sites is 1. The van der Waals surface area contributed by atoms with E-state index in [4.69, 9.17) is 5.11 Å². The van der Waals surface area contributed by atoms with Crippen LogP contribution in [0.4, 0.5) is 0 Å². The average Bonchev–Trinajstić information content (AvgIpc) is 2.60. The molecule has 0 fully saturated rings. The first kappa shape index (κ1) is 19.0. The van der Waals surface area contributed by atoms with Crippen LogP contribution in [0.15, 0.2) is 35.4 Å². The smallest absolute Gasteiger partial charge is 0.326 e. The Kier molecular flexibility index (Phi) is 7.00. The fraction of sp³-hybridized carbons (Fsp3) is 0.412. The number of amides is 1. The Bertz CT molecular complexity index is 806. The first-order chi connectivity index (χ1) is 12.0. The molecule has 1 unspecified atom stereocenters. The Morgan fingerprint density at radius 1 is 1.36 bits per heavy atom. The van der Waals surface area contributed by atoms with Gasteiger partial charge in [0.2, 0.25) is 5.91 Å². The fourth-order valence-corrected chi connectivity index (χ4v) is 2.91. The number of benzene rings is 1. The van der Waals surface area contributed by atoms with Crippen molar-refractivity contribution in [1.29, 1.82) is 0 Å². The van der Waals surface area contributed by atoms with Crippen LogP contribution in [0, 0.1) is 0 Å². The number of carbonyl (C=O) groups is 2. The number of nitrogens with zero attached hydrogens (tertiary/aromatic N) is 2. The molecule has 0 spiro atoms. The maximum absolute atomic E-state index is 12.3. The van der Waals surface area contributed by atoms with E-state index in [0.29, 0.717) is 36.0 Å². The number of aromatic nitrogens is 2. The van der Waals surface area contributed by atoms with E-state index in [0.717, 1.165) is 0 Å². The van der Waals surface area contributed by atoms with Crippen LogP contribution in [0.1, 0.15) is 19.3 Å². The number of nitrogens with one attached hydrogen (secondary N) is 1. The van der Waals surface area contributed by atoms with E-state index < -0.39 is 12.0 Å². The van der Waals surface area contributed by atoms with Crippen LogP contribution in [-0.2, 0) is 16.1 Å². The first-order valence-corrected chi connectivity index (χ1v) is 9.37. The maximum atomic E-state index is 12.3. The molecule has 1 atom stereocenters. The third kappa shape index (κ3) is 5.32. The van der Waals surface area contributed by atoms with E-state index in [1.54, 1.807) is 18.2 Å². The van der Waals surface area contributed by atoms with Crippen molar-refractivity contribution >= 4 is 34.5 Å². The van der Waals surface area contributed by atoms with Gasteiger partial charge in [-0.1, -0.05) is 12.1 Å². The molecule has 1 heterocycles. The highest BCUT2D eigenvalue weighted by molar-refractivity contribution is 7.98. The minimum Gasteiger partial charge on any atom is -0.480 e. The Morgan fingerprint density at radius 2 is 2.12 bits per heavy atom. The third-order valence-electron chi connectivity index (χ3n) is 3.78. The quantitative estimate of drug-likeness (QED) is 0.700. The molecule has 25 heavy (non-hydrogen) atoms. The SMILES string of the molecule is CSCCC(NC(=O)CCCn1cnc2ccccc2c1=O)C(=O)O. The van der Waals surface area contributed by atoms with E-state index in [2.05, 4.69) is 10.3 Å². The van der Waals surface area contributed by atoms with Crippen molar-refractivity contribution in [2.45, 2.75) is 31.8 Å². The number of fused-ring (bicyclic) bond motifs is 1. The molecule has 0 aliphatic heterocycles. The van der Waals surface area contributed by atoms with Gasteiger partial charge in [0.1, 0.15) is 6.04 Å². The summed E-state index contributed by atoms with van der Waals surface area (Å²) in [4.78, 5) is 39.6. The number of hydrogen-bond acceptors (Lipinski definition) is 5. The summed E-state index contributed by atoms with van der Waals surface area (Å²) in [6.45, 7) is 0.354. The second-order valence-corrected chi connectivity index (χ2v) is 6.59. The lowest BCUT2D eigenvalue weighted by molar-refractivity contribution is -0.141. The second-order valence-electron chi connectivity index (χ2n) is 5.60. The Balaban J connectivity index is 1.89. The van der Waals surface area contributed by atoms with Gasteiger partial charge in [-0.2, -0.15) is 11.8 Å². The summed E-state index contributed by atoms with van der Waals surface area (Å²) in [5.41, 5.74) is 0.494. The van der Waals surface area contributed by atoms with Crippen molar-refractivity contribution in [3.05, 3.63) is 40.9 Å². The van der Waals surface area contributed by atoms with E-state index >= 15 is 0 Å². The average molecular weight is 363 g/mol. The lowest BCUT2D eigenvalue weighted by Gasteiger charge is -2.14. The van der Waals surface area contributed by atoms with Crippen molar-refractivity contribution in [3.63, 3.8) is 0 Å². The standard InChI is InChI=1S/C17H21N3O4S/c1-25-10-8-14(17(23)24)19-15(21)7-4-9-20-11-18-13-6-3-2-5-12(13)16(20)22/h2-3,5-6,11,14H,4,7-10H2,1H3,(H,19,21)(H,23,24). The molecule has 1 aromatic carbocycles. The van der Waals surface area contributed by atoms with Gasteiger partial charge >= 0.3 is 5.97 Å². The second kappa shape index (κ2) is 9.22. The van der Waals surface area contributed by atoms with Crippen LogP contribution in [0.2, 0.25) is 0 Å². The van der Waals surface area contributed by atoms with Crippen LogP contribution in [0.25, 0.3) is 10.9 Å². The van der Waals surface area contributed by atoms with Gasteiger partial charge in [0.25, 0.3) is 5.56 Å². The molecule has 2 rings (SSSR count). The summed E-state index contributed by atoms with van der Waals surface area (Å²) >= 11 is 1.53. The minimum absolute atomic E-state index is 0.144. The summed E-state index contributed by atoms with van der Waals surface area (Å²) in [6.07, 6.45) is 4.33. The first-order valence-electron chi connectivity index (χ1n) is 7.98. The molecule has 134 valence electrons. The van der Waals surface area contributed by atoms with Gasteiger partial charge in [-0.05, 0) is 37.0 Å². The molecule has 0 aliphatic carbocycles. The third-order valence-corrected chi connectivity index (χ3v) is 4.42. The predicted molar refractivity (Wildman–Crippen MR) is 97.8 cm³/mol. The van der Waals surface area contributed by atoms with Gasteiger partial charge in [0.15, 0.2) is 0 Å². The molecule has 0 bridgehead atoms. The van der Waals surface area contributed by atoms with Crippen molar-refractivity contribution in [1.82, 2.24) is 14.9 Å². The van der Waals surface area contributed by atoms with E-state index in [1.165, 1.54) is 22.7 Å². The lowest BCUT2D eigenvalue weighted by Crippen LogP contribution is -2.41. The Morgan fingerprint density at radius 3 is 2.84 bits per heavy atom. The number of carboxylic acids is 1. The van der Waals surface area contributed by atoms with Gasteiger partial charge < -0.3 is 10.4 Å². The normalized spacial score (nSPS) is 12.0. The minimum atomic E-state index is -1.03. The molecule has 0 radical (unpaired) electrons. The van der Waals surface area contributed by atoms with E-state index in [9.17, 15) is 14.4 Å². The van der Waals surface area contributed by atoms with Gasteiger partial charge in [-0.3, -0.25) is 14.2 Å². The largest absolute Gasteiger partial charge is 0.480 e. The molecule has 7 nitrogen and oxygen atoms in total. The highest BCUT2D eigenvalue weighted by atomic mass is 32.2. The Labute approximate surface area is 149 Å². The van der Waals surface area contributed by atoms with Crippen LogP contribution in [0.3, 0.4) is 0 Å². The zero-order chi connectivity index (χ0) is 18.2. The monoisotopic (exact) mass is 363 g/mol. The molecular formula is C17H21N3O4S. The summed E-state index contributed by atoms with van der Waals surface area (Å²) < 4.78 is 1.47. The molecular weight excluding hydrogens is 342 g/mol. The number of carbonyl (C=O) groups excluding carboxylic acids is 1. The predicted octanol–water partition coefficient (Wildman–Crippen LogP) is 1.50. The fourth-order valence-electron chi connectivity index (χ4n) is 2.43. The molecule has 2 N–H and O–H groups in total. The summed E-state index contributed by atoms with van der Waals surface area (Å²) in [5.74, 6) is -0.692. The van der Waals surface area contributed by atoms with Gasteiger partial charge in [-0.15, -0.1) is 0 Å². The molecule has 0 saturated carbocycles. The van der Waals surface area contributed by atoms with Crippen molar-refractivity contribution in [2.75, 3.05) is 12.0 Å². The zero-order valence-corrected chi connectivity index (χ0v) is 14.8. The lowest BCUT2D eigenvalue weighted by atomic mass is 10.2.